The van der Waals surface area contributed by atoms with Gasteiger partial charge in [-0.2, -0.15) is 0 Å². The molecule has 0 atom stereocenters. The topological polar surface area (TPSA) is 60.7 Å². The van der Waals surface area contributed by atoms with Crippen molar-refractivity contribution in [3.63, 3.8) is 0 Å². The minimum absolute atomic E-state index is 0.322. The molecule has 3 nitrogen and oxygen atoms in total. The number of hydrogen-bond acceptors (Lipinski definition) is 3. The summed E-state index contributed by atoms with van der Waals surface area (Å²) in [5.74, 6) is 0. The Morgan fingerprint density at radius 3 is 1.20 bits per heavy atom. The molecular weight excluding hydrogens is 359 g/mol. The van der Waals surface area contributed by atoms with E-state index < -0.39 is 18.4 Å². The van der Waals surface area contributed by atoms with E-state index in [9.17, 15) is 0 Å². The summed E-state index contributed by atoms with van der Waals surface area (Å²) < 4.78 is 5.65. The van der Waals surface area contributed by atoms with Gasteiger partial charge in [-0.15, -0.1) is 0 Å². The molecule has 0 saturated heterocycles. The first kappa shape index (κ1) is 20.7. The molecule has 0 fully saturated rings. The van der Waals surface area contributed by atoms with Crippen LogP contribution in [-0.4, -0.2) is 53.5 Å². The van der Waals surface area contributed by atoms with Crippen LogP contribution in [0.4, 0.5) is 0 Å². The van der Waals surface area contributed by atoms with E-state index in [1.807, 2.05) is 0 Å². The van der Waals surface area contributed by atoms with Gasteiger partial charge in [0.1, 0.15) is 0 Å². The van der Waals surface area contributed by atoms with Gasteiger partial charge >= 0.3 is 130 Å². The normalized spacial score (nSPS) is 12.0. The second-order valence-electron chi connectivity index (χ2n) is 6.15. The Hall–Kier alpha value is 0.679. The molecule has 0 aromatic rings. The van der Waals surface area contributed by atoms with E-state index in [2.05, 4.69) is 6.92 Å². The van der Waals surface area contributed by atoms with Crippen LogP contribution in [0, 0.1) is 0 Å². The van der Waals surface area contributed by atoms with Gasteiger partial charge in [-0.1, -0.05) is 0 Å². The predicted molar refractivity (Wildman–Crippen MR) is 88.8 cm³/mol. The van der Waals surface area contributed by atoms with Gasteiger partial charge in [-0.05, 0) is 0 Å². The molecule has 0 aliphatic heterocycles. The van der Waals surface area contributed by atoms with Crippen molar-refractivity contribution in [3.05, 3.63) is 0 Å². The monoisotopic (exact) mass is 396 g/mol. The van der Waals surface area contributed by atoms with E-state index in [1.54, 1.807) is 0 Å². The Kier molecular flexibility index (Phi) is 15.1. The van der Waals surface area contributed by atoms with E-state index in [4.69, 9.17) is 15.3 Å². The Bertz CT molecular complexity index is 174. The fourth-order valence-electron chi connectivity index (χ4n) is 3.14. The first-order valence-electron chi connectivity index (χ1n) is 8.57. The second-order valence-corrected chi connectivity index (χ2v) is 20.4. The zero-order valence-electron chi connectivity index (χ0n) is 13.4. The summed E-state index contributed by atoms with van der Waals surface area (Å²) in [5, 5.41) is 27.1. The summed E-state index contributed by atoms with van der Waals surface area (Å²) in [5.41, 5.74) is 0. The molecule has 0 rings (SSSR count). The van der Waals surface area contributed by atoms with Crippen LogP contribution in [0.25, 0.3) is 0 Å². The van der Waals surface area contributed by atoms with Crippen LogP contribution in [-0.2, 0) is 0 Å². The molecule has 0 saturated carbocycles. The second kappa shape index (κ2) is 14.6. The molecule has 3 N–H and O–H groups in total. The number of aliphatic hydroxyl groups is 3. The molecule has 0 heterocycles. The standard InChI is InChI=1S/3C4H9O.C4H9.Sn/c3*1-2-3-4-5;1-3-4-2;/h3*5H,1-4H2;1,3-4H2,2H3;. The van der Waals surface area contributed by atoms with Crippen LogP contribution >= 0.6 is 0 Å². The van der Waals surface area contributed by atoms with Crippen LogP contribution < -0.4 is 0 Å². The number of rotatable bonds is 15. The van der Waals surface area contributed by atoms with Crippen molar-refractivity contribution in [2.24, 2.45) is 0 Å². The molecule has 0 aromatic carbocycles. The number of hydrogen-bond donors (Lipinski definition) is 3. The Balaban J connectivity index is 4.48. The first-order chi connectivity index (χ1) is 9.74. The van der Waals surface area contributed by atoms with Crippen molar-refractivity contribution in [2.75, 3.05) is 19.8 Å². The summed E-state index contributed by atoms with van der Waals surface area (Å²) >= 11 is -2.10. The average molecular weight is 395 g/mol. The quantitative estimate of drug-likeness (QED) is 0.294. The molecule has 0 radical (unpaired) electrons. The van der Waals surface area contributed by atoms with Crippen LogP contribution in [0.3, 0.4) is 0 Å². The molecule has 0 aliphatic rings. The van der Waals surface area contributed by atoms with Crippen molar-refractivity contribution in [2.45, 2.75) is 76.0 Å². The van der Waals surface area contributed by atoms with Crippen molar-refractivity contribution in [1.29, 1.82) is 0 Å². The van der Waals surface area contributed by atoms with E-state index in [-0.39, 0.29) is 0 Å². The summed E-state index contributed by atoms with van der Waals surface area (Å²) in [6.07, 6.45) is 9.05. The van der Waals surface area contributed by atoms with Crippen LogP contribution in [0.1, 0.15) is 58.3 Å². The summed E-state index contributed by atoms with van der Waals surface area (Å²) in [6.45, 7) is 3.24. The third-order valence-electron chi connectivity index (χ3n) is 4.41. The van der Waals surface area contributed by atoms with Crippen LogP contribution in [0.2, 0.25) is 17.7 Å². The summed E-state index contributed by atoms with van der Waals surface area (Å²) in [7, 11) is 0. The fraction of sp³-hybridized carbons (Fsp3) is 1.00. The molecule has 122 valence electrons. The van der Waals surface area contributed by atoms with E-state index in [0.29, 0.717) is 19.8 Å². The van der Waals surface area contributed by atoms with Crippen LogP contribution in [0.5, 0.6) is 0 Å². The zero-order chi connectivity index (χ0) is 15.1. The average Bonchev–Trinajstić information content (AvgIpc) is 2.46. The molecule has 0 unspecified atom stereocenters. The fourth-order valence-corrected chi connectivity index (χ4v) is 19.1. The Morgan fingerprint density at radius 1 is 0.550 bits per heavy atom. The van der Waals surface area contributed by atoms with Gasteiger partial charge in [0.25, 0.3) is 0 Å². The molecule has 0 amide bonds. The number of unbranched alkanes of at least 4 members (excludes halogenated alkanes) is 4. The third-order valence-corrected chi connectivity index (χ3v) is 20.6. The van der Waals surface area contributed by atoms with Crippen molar-refractivity contribution >= 4 is 18.4 Å². The van der Waals surface area contributed by atoms with Crippen molar-refractivity contribution in [3.8, 4) is 0 Å². The van der Waals surface area contributed by atoms with E-state index in [0.717, 1.165) is 19.3 Å². The van der Waals surface area contributed by atoms with E-state index >= 15 is 0 Å². The number of aliphatic hydroxyl groups excluding tert-OH is 3. The Labute approximate surface area is 129 Å². The molecule has 0 spiro atoms. The molecule has 0 aromatic heterocycles. The SMILES string of the molecule is CCC[CH2][Sn]([CH2]CCCO)([CH2]CCCO)[CH2]CCCO. The molecule has 0 aliphatic carbocycles. The van der Waals surface area contributed by atoms with E-state index in [1.165, 1.54) is 49.9 Å². The summed E-state index contributed by atoms with van der Waals surface area (Å²) in [6, 6.07) is 0. The van der Waals surface area contributed by atoms with Gasteiger partial charge in [-0.3, -0.25) is 0 Å². The molecular formula is C16H36O3Sn. The third kappa shape index (κ3) is 10.4. The zero-order valence-corrected chi connectivity index (χ0v) is 16.3. The predicted octanol–water partition coefficient (Wildman–Crippen LogP) is 3.55. The molecule has 0 bridgehead atoms. The molecule has 20 heavy (non-hydrogen) atoms. The maximum absolute atomic E-state index is 9.02. The van der Waals surface area contributed by atoms with Gasteiger partial charge in [0.05, 0.1) is 0 Å². The minimum atomic E-state index is -2.10. The van der Waals surface area contributed by atoms with Crippen LogP contribution in [0.15, 0.2) is 0 Å². The molecule has 4 heteroatoms. The first-order valence-corrected chi connectivity index (χ1v) is 16.6. The van der Waals surface area contributed by atoms with Gasteiger partial charge in [-0.25, -0.2) is 0 Å². The van der Waals surface area contributed by atoms with Crippen molar-refractivity contribution in [1.82, 2.24) is 0 Å². The Morgan fingerprint density at radius 2 is 0.900 bits per heavy atom. The van der Waals surface area contributed by atoms with Gasteiger partial charge in [0.15, 0.2) is 0 Å². The van der Waals surface area contributed by atoms with Gasteiger partial charge in [0, 0.05) is 0 Å². The maximum atomic E-state index is 9.02. The summed E-state index contributed by atoms with van der Waals surface area (Å²) in [4.78, 5) is 0. The van der Waals surface area contributed by atoms with Crippen molar-refractivity contribution < 1.29 is 15.3 Å². The van der Waals surface area contributed by atoms with Gasteiger partial charge < -0.3 is 0 Å². The van der Waals surface area contributed by atoms with Gasteiger partial charge in [0.2, 0.25) is 0 Å².